The lowest BCUT2D eigenvalue weighted by molar-refractivity contribution is 0.340. The van der Waals surface area contributed by atoms with Gasteiger partial charge in [0.05, 0.1) is 24.5 Å². The number of rotatable bonds is 4. The summed E-state index contributed by atoms with van der Waals surface area (Å²) in [6, 6.07) is 18.2. The Morgan fingerprint density at radius 3 is 2.43 bits per heavy atom. The van der Waals surface area contributed by atoms with Crippen LogP contribution in [0.3, 0.4) is 0 Å². The van der Waals surface area contributed by atoms with Gasteiger partial charge in [0.1, 0.15) is 0 Å². The third-order valence-electron chi connectivity index (χ3n) is 3.79. The summed E-state index contributed by atoms with van der Waals surface area (Å²) in [5.41, 5.74) is 7.17. The van der Waals surface area contributed by atoms with E-state index in [4.69, 9.17) is 5.41 Å². The van der Waals surface area contributed by atoms with Gasteiger partial charge in [-0.2, -0.15) is 0 Å². The average molecular weight is 307 g/mol. The zero-order chi connectivity index (χ0) is 16.2. The van der Waals surface area contributed by atoms with Crippen LogP contribution in [0.25, 0.3) is 0 Å². The van der Waals surface area contributed by atoms with Crippen LogP contribution in [0.5, 0.6) is 0 Å². The molecule has 2 aromatic rings. The van der Waals surface area contributed by atoms with Gasteiger partial charge in [0, 0.05) is 19.8 Å². The molecule has 5 nitrogen and oxygen atoms in total. The largest absolute Gasteiger partial charge is 0.378 e. The number of amidine groups is 1. The minimum Gasteiger partial charge on any atom is -0.378 e. The molecule has 0 aliphatic carbocycles. The highest BCUT2D eigenvalue weighted by atomic mass is 15.5. The molecular formula is C18H21N5. The Balaban J connectivity index is 1.70. The zero-order valence-corrected chi connectivity index (χ0v) is 13.5. The van der Waals surface area contributed by atoms with E-state index in [9.17, 15) is 0 Å². The van der Waals surface area contributed by atoms with Gasteiger partial charge in [0.2, 0.25) is 0 Å². The molecule has 0 bridgehead atoms. The van der Waals surface area contributed by atoms with Crippen LogP contribution in [0.15, 0.2) is 59.6 Å². The Morgan fingerprint density at radius 2 is 1.78 bits per heavy atom. The van der Waals surface area contributed by atoms with Crippen molar-refractivity contribution in [2.45, 2.75) is 6.54 Å². The molecule has 0 saturated carbocycles. The molecule has 5 heteroatoms. The van der Waals surface area contributed by atoms with E-state index in [0.717, 1.165) is 17.1 Å². The molecule has 1 heterocycles. The van der Waals surface area contributed by atoms with E-state index in [1.165, 1.54) is 5.56 Å². The van der Waals surface area contributed by atoms with Crippen molar-refractivity contribution in [2.24, 2.45) is 4.99 Å². The lowest BCUT2D eigenvalue weighted by Gasteiger charge is -2.16. The molecule has 0 unspecified atom stereocenters. The summed E-state index contributed by atoms with van der Waals surface area (Å²) in [6.45, 7) is 1.25. The highest BCUT2D eigenvalue weighted by Gasteiger charge is 2.23. The Morgan fingerprint density at radius 1 is 1.09 bits per heavy atom. The van der Waals surface area contributed by atoms with Gasteiger partial charge in [0.15, 0.2) is 5.84 Å². The average Bonchev–Trinajstić information content (AvgIpc) is 2.90. The molecule has 3 rings (SSSR count). The molecule has 0 spiro atoms. The number of hydrogen-bond donors (Lipinski definition) is 2. The van der Waals surface area contributed by atoms with E-state index in [1.807, 2.05) is 61.6 Å². The number of benzene rings is 2. The number of aliphatic imine (C=N–C) groups is 1. The molecule has 0 aromatic heterocycles. The topological polar surface area (TPSA) is 54.7 Å². The molecular weight excluding hydrogens is 286 g/mol. The van der Waals surface area contributed by atoms with Gasteiger partial charge >= 0.3 is 0 Å². The van der Waals surface area contributed by atoms with E-state index < -0.39 is 0 Å². The second-order valence-corrected chi connectivity index (χ2v) is 5.72. The van der Waals surface area contributed by atoms with Crippen molar-refractivity contribution in [1.29, 1.82) is 5.41 Å². The van der Waals surface area contributed by atoms with E-state index in [1.54, 1.807) is 0 Å². The van der Waals surface area contributed by atoms with Crippen molar-refractivity contribution >= 4 is 22.9 Å². The summed E-state index contributed by atoms with van der Waals surface area (Å²) in [5, 5.41) is 10.1. The first-order valence-corrected chi connectivity index (χ1v) is 7.62. The number of hydrogen-bond acceptors (Lipinski definition) is 4. The lowest BCUT2D eigenvalue weighted by atomic mass is 10.2. The van der Waals surface area contributed by atoms with Gasteiger partial charge < -0.3 is 4.90 Å². The quantitative estimate of drug-likeness (QED) is 0.913. The fraction of sp³-hybridized carbons (Fsp3) is 0.222. The molecule has 1 aliphatic heterocycles. The first-order chi connectivity index (χ1) is 11.1. The SMILES string of the molecule is CN(C)c1ccc(N=C2CNN(Cc3ccccc3)C2=N)cc1. The molecule has 0 radical (unpaired) electrons. The maximum absolute atomic E-state index is 8.30. The van der Waals surface area contributed by atoms with Crippen LogP contribution in [0, 0.1) is 5.41 Å². The second kappa shape index (κ2) is 6.62. The minimum absolute atomic E-state index is 0.436. The molecule has 1 aliphatic rings. The molecule has 1 fully saturated rings. The molecule has 23 heavy (non-hydrogen) atoms. The van der Waals surface area contributed by atoms with Gasteiger partial charge in [-0.05, 0) is 29.8 Å². The van der Waals surface area contributed by atoms with E-state index in [2.05, 4.69) is 27.5 Å². The number of hydrazine groups is 1. The van der Waals surface area contributed by atoms with Crippen molar-refractivity contribution in [1.82, 2.24) is 10.4 Å². The minimum atomic E-state index is 0.436. The van der Waals surface area contributed by atoms with Crippen molar-refractivity contribution in [3.8, 4) is 0 Å². The maximum atomic E-state index is 8.30. The van der Waals surface area contributed by atoms with E-state index >= 15 is 0 Å². The van der Waals surface area contributed by atoms with Gasteiger partial charge in [-0.1, -0.05) is 30.3 Å². The summed E-state index contributed by atoms with van der Waals surface area (Å²) >= 11 is 0. The number of nitrogens with zero attached hydrogens (tertiary/aromatic N) is 3. The van der Waals surface area contributed by atoms with Crippen molar-refractivity contribution in [3.63, 3.8) is 0 Å². The number of nitrogens with one attached hydrogen (secondary N) is 2. The van der Waals surface area contributed by atoms with Crippen LogP contribution in [-0.2, 0) is 6.54 Å². The second-order valence-electron chi connectivity index (χ2n) is 5.72. The summed E-state index contributed by atoms with van der Waals surface area (Å²) in [5.74, 6) is 0.436. The highest BCUT2D eigenvalue weighted by Crippen LogP contribution is 2.19. The summed E-state index contributed by atoms with van der Waals surface area (Å²) in [7, 11) is 4.03. The first-order valence-electron chi connectivity index (χ1n) is 7.62. The van der Waals surface area contributed by atoms with E-state index in [-0.39, 0.29) is 0 Å². The van der Waals surface area contributed by atoms with Gasteiger partial charge in [-0.15, -0.1) is 0 Å². The Hall–Kier alpha value is -2.66. The molecule has 1 saturated heterocycles. The summed E-state index contributed by atoms with van der Waals surface area (Å²) in [6.07, 6.45) is 0. The van der Waals surface area contributed by atoms with Gasteiger partial charge in [0.25, 0.3) is 0 Å². The fourth-order valence-corrected chi connectivity index (χ4v) is 2.46. The predicted molar refractivity (Wildman–Crippen MR) is 95.6 cm³/mol. The summed E-state index contributed by atoms with van der Waals surface area (Å²) < 4.78 is 0. The lowest BCUT2D eigenvalue weighted by Crippen LogP contribution is -2.33. The van der Waals surface area contributed by atoms with Crippen LogP contribution in [0.2, 0.25) is 0 Å². The first kappa shape index (κ1) is 15.2. The Bertz CT molecular complexity index is 704. The summed E-state index contributed by atoms with van der Waals surface area (Å²) in [4.78, 5) is 6.65. The third kappa shape index (κ3) is 3.57. The standard InChI is InChI=1S/C18H21N5/c1-22(2)16-10-8-15(9-11-16)21-17-12-20-23(18(17)19)13-14-6-4-3-5-7-14/h3-11,19-20H,12-13H2,1-2H3. The normalized spacial score (nSPS) is 16.2. The fourth-order valence-electron chi connectivity index (χ4n) is 2.46. The molecule has 118 valence electrons. The van der Waals surface area contributed by atoms with Crippen LogP contribution >= 0.6 is 0 Å². The Kier molecular flexibility index (Phi) is 4.39. The molecule has 2 aromatic carbocycles. The monoisotopic (exact) mass is 307 g/mol. The van der Waals surface area contributed by atoms with Crippen molar-refractivity contribution in [2.75, 3.05) is 25.5 Å². The van der Waals surface area contributed by atoms with Crippen LogP contribution in [0.4, 0.5) is 11.4 Å². The van der Waals surface area contributed by atoms with Crippen LogP contribution in [-0.4, -0.2) is 37.2 Å². The van der Waals surface area contributed by atoms with E-state index in [0.29, 0.717) is 18.9 Å². The van der Waals surface area contributed by atoms with Crippen LogP contribution < -0.4 is 10.3 Å². The van der Waals surface area contributed by atoms with Gasteiger partial charge in [-0.25, -0.2) is 10.4 Å². The molecule has 2 N–H and O–H groups in total. The highest BCUT2D eigenvalue weighted by molar-refractivity contribution is 6.42. The van der Waals surface area contributed by atoms with Gasteiger partial charge in [-0.3, -0.25) is 10.4 Å². The Labute approximate surface area is 136 Å². The number of anilines is 1. The third-order valence-corrected chi connectivity index (χ3v) is 3.79. The predicted octanol–water partition coefficient (Wildman–Crippen LogP) is 2.82. The molecule has 0 amide bonds. The van der Waals surface area contributed by atoms with Crippen LogP contribution in [0.1, 0.15) is 5.56 Å². The zero-order valence-electron chi connectivity index (χ0n) is 13.5. The van der Waals surface area contributed by atoms with Crippen molar-refractivity contribution < 1.29 is 0 Å². The smallest absolute Gasteiger partial charge is 0.159 e. The van der Waals surface area contributed by atoms with Crippen molar-refractivity contribution in [3.05, 3.63) is 60.2 Å². The molecule has 0 atom stereocenters. The maximum Gasteiger partial charge on any atom is 0.159 e.